The Morgan fingerprint density at radius 3 is 2.39 bits per heavy atom. The van der Waals surface area contributed by atoms with Gasteiger partial charge >= 0.3 is 0 Å². The Hall–Kier alpha value is -1.94. The molecule has 1 aliphatic heterocycles. The lowest BCUT2D eigenvalue weighted by Crippen LogP contribution is -2.26. The second-order valence-corrected chi connectivity index (χ2v) is 9.59. The minimum absolute atomic E-state index is 0.0460. The molecule has 1 amide bonds. The third kappa shape index (κ3) is 4.79. The minimum Gasteiger partial charge on any atom is -0.487 e. The van der Waals surface area contributed by atoms with Crippen LogP contribution in [0, 0.1) is 13.0 Å². The molecule has 1 heterocycles. The van der Waals surface area contributed by atoms with Crippen molar-refractivity contribution in [3.05, 3.63) is 90.3 Å². The molecule has 0 spiro atoms. The fourth-order valence-corrected chi connectivity index (χ4v) is 5.72. The first kappa shape index (κ1) is 22.3. The highest BCUT2D eigenvalue weighted by atomic mass is 127. The van der Waals surface area contributed by atoms with E-state index in [0.717, 1.165) is 47.3 Å². The average Bonchev–Trinajstić information content (AvgIpc) is 3.01. The number of hydrogen-bond donors (Lipinski definition) is 0. The van der Waals surface area contributed by atoms with Crippen LogP contribution < -0.4 is 9.64 Å². The van der Waals surface area contributed by atoms with Crippen molar-refractivity contribution < 1.29 is 13.9 Å². The molecule has 0 radical (unpaired) electrons. The van der Waals surface area contributed by atoms with Gasteiger partial charge in [-0.2, -0.15) is 0 Å². The van der Waals surface area contributed by atoms with Crippen LogP contribution in [0.3, 0.4) is 0 Å². The van der Waals surface area contributed by atoms with Gasteiger partial charge in [-0.25, -0.2) is 4.39 Å². The topological polar surface area (TPSA) is 29.5 Å². The molecule has 3 nitrogen and oxygen atoms in total. The molecule has 31 heavy (non-hydrogen) atoms. The summed E-state index contributed by atoms with van der Waals surface area (Å²) in [6.07, 6.45) is 2.87. The van der Waals surface area contributed by atoms with Crippen LogP contribution in [-0.2, 0) is 11.4 Å². The summed E-state index contributed by atoms with van der Waals surface area (Å²) in [5, 5.41) is 0. The van der Waals surface area contributed by atoms with Crippen molar-refractivity contribution in [2.75, 3.05) is 11.4 Å². The van der Waals surface area contributed by atoms with Crippen LogP contribution in [0.25, 0.3) is 11.6 Å². The van der Waals surface area contributed by atoms with E-state index in [9.17, 15) is 9.18 Å². The van der Waals surface area contributed by atoms with Crippen LogP contribution in [0.5, 0.6) is 5.75 Å². The van der Waals surface area contributed by atoms with Gasteiger partial charge < -0.3 is 9.64 Å². The highest BCUT2D eigenvalue weighted by Gasteiger charge is 2.31. The number of carbonyl (C=O) groups is 1. The molecule has 0 saturated heterocycles. The second-order valence-electron chi connectivity index (χ2n) is 7.26. The molecule has 0 bridgehead atoms. The molecule has 0 N–H and O–H groups in total. The van der Waals surface area contributed by atoms with Gasteiger partial charge in [0, 0.05) is 17.7 Å². The standard InChI is InChI=1S/C25H20FI2NO2/c1-2-11-29-23-6-4-3-5-19(23)20(25(29)30)12-17-13-21(27)24(22(28)14-17)31-15-16-7-9-18(26)10-8-16/h3-10,12-14H,2,11,15H2,1H3/b20-12-. The number of hydrogen-bond acceptors (Lipinski definition) is 2. The maximum absolute atomic E-state index is 13.1. The molecule has 0 unspecified atom stereocenters. The fraction of sp³-hybridized carbons (Fsp3) is 0.160. The third-order valence-electron chi connectivity index (χ3n) is 5.04. The summed E-state index contributed by atoms with van der Waals surface area (Å²) in [6.45, 7) is 3.15. The average molecular weight is 639 g/mol. The van der Waals surface area contributed by atoms with Crippen LogP contribution in [0.15, 0.2) is 60.7 Å². The third-order valence-corrected chi connectivity index (χ3v) is 6.64. The molecular weight excluding hydrogens is 619 g/mol. The Labute approximate surface area is 208 Å². The van der Waals surface area contributed by atoms with Crippen molar-refractivity contribution in [1.82, 2.24) is 0 Å². The predicted octanol–water partition coefficient (Wildman–Crippen LogP) is 6.91. The van der Waals surface area contributed by atoms with Gasteiger partial charge in [0.25, 0.3) is 5.91 Å². The molecule has 4 rings (SSSR count). The summed E-state index contributed by atoms with van der Waals surface area (Å²) >= 11 is 4.51. The van der Waals surface area contributed by atoms with Gasteiger partial charge in [-0.1, -0.05) is 37.3 Å². The van der Waals surface area contributed by atoms with E-state index in [2.05, 4.69) is 52.1 Å². The van der Waals surface area contributed by atoms with E-state index in [1.165, 1.54) is 12.1 Å². The van der Waals surface area contributed by atoms with E-state index in [1.54, 1.807) is 12.1 Å². The zero-order chi connectivity index (χ0) is 22.0. The summed E-state index contributed by atoms with van der Waals surface area (Å²) in [5.74, 6) is 0.578. The van der Waals surface area contributed by atoms with Crippen molar-refractivity contribution in [3.8, 4) is 5.75 Å². The number of carbonyl (C=O) groups excluding carboxylic acids is 1. The number of nitrogens with zero attached hydrogens (tertiary/aromatic N) is 1. The van der Waals surface area contributed by atoms with Gasteiger partial charge in [0.2, 0.25) is 0 Å². The molecule has 0 atom stereocenters. The number of amides is 1. The molecule has 0 aromatic heterocycles. The highest BCUT2D eigenvalue weighted by molar-refractivity contribution is 14.1. The molecule has 158 valence electrons. The van der Waals surface area contributed by atoms with Crippen molar-refractivity contribution in [2.24, 2.45) is 0 Å². The van der Waals surface area contributed by atoms with E-state index in [-0.39, 0.29) is 11.7 Å². The lowest BCUT2D eigenvalue weighted by Gasteiger charge is -2.15. The zero-order valence-corrected chi connectivity index (χ0v) is 21.2. The largest absolute Gasteiger partial charge is 0.487 e. The Bertz CT molecular complexity index is 1140. The molecule has 0 saturated carbocycles. The Morgan fingerprint density at radius 1 is 1.03 bits per heavy atom. The lowest BCUT2D eigenvalue weighted by molar-refractivity contribution is -0.113. The number of fused-ring (bicyclic) bond motifs is 1. The van der Waals surface area contributed by atoms with E-state index in [1.807, 2.05) is 47.4 Å². The molecule has 1 aliphatic rings. The van der Waals surface area contributed by atoms with Crippen LogP contribution in [-0.4, -0.2) is 12.5 Å². The molecule has 0 fully saturated rings. The second kappa shape index (κ2) is 9.68. The number of halogens is 3. The van der Waals surface area contributed by atoms with Gasteiger partial charge in [0.05, 0.1) is 12.8 Å². The summed E-state index contributed by atoms with van der Waals surface area (Å²) < 4.78 is 21.0. The van der Waals surface area contributed by atoms with Crippen molar-refractivity contribution in [2.45, 2.75) is 20.0 Å². The molecule has 0 aliphatic carbocycles. The molecule has 3 aromatic rings. The van der Waals surface area contributed by atoms with Crippen molar-refractivity contribution in [3.63, 3.8) is 0 Å². The van der Waals surface area contributed by atoms with Gasteiger partial charge in [0.15, 0.2) is 0 Å². The predicted molar refractivity (Wildman–Crippen MR) is 140 cm³/mol. The van der Waals surface area contributed by atoms with Crippen LogP contribution in [0.1, 0.15) is 30.0 Å². The highest BCUT2D eigenvalue weighted by Crippen LogP contribution is 2.38. The summed E-state index contributed by atoms with van der Waals surface area (Å²) in [7, 11) is 0. The molecule has 6 heteroatoms. The van der Waals surface area contributed by atoms with E-state index in [4.69, 9.17) is 4.74 Å². The summed E-state index contributed by atoms with van der Waals surface area (Å²) in [4.78, 5) is 14.9. The van der Waals surface area contributed by atoms with Gasteiger partial charge in [-0.15, -0.1) is 0 Å². The fourth-order valence-electron chi connectivity index (χ4n) is 3.60. The smallest absolute Gasteiger partial charge is 0.258 e. The summed E-state index contributed by atoms with van der Waals surface area (Å²) in [5.41, 5.74) is 4.53. The Kier molecular flexibility index (Phi) is 6.95. The zero-order valence-electron chi connectivity index (χ0n) is 16.9. The number of para-hydroxylation sites is 1. The minimum atomic E-state index is -0.258. The van der Waals surface area contributed by atoms with Crippen LogP contribution in [0.4, 0.5) is 10.1 Å². The van der Waals surface area contributed by atoms with Gasteiger partial charge in [-0.05, 0) is 99.1 Å². The molecule has 3 aromatic carbocycles. The van der Waals surface area contributed by atoms with Crippen molar-refractivity contribution in [1.29, 1.82) is 0 Å². The lowest BCUT2D eigenvalue weighted by atomic mass is 10.0. The van der Waals surface area contributed by atoms with Crippen molar-refractivity contribution >= 4 is 68.4 Å². The normalized spacial score (nSPS) is 14.3. The Balaban J connectivity index is 1.61. The van der Waals surface area contributed by atoms with E-state index in [0.29, 0.717) is 13.2 Å². The van der Waals surface area contributed by atoms with Gasteiger partial charge in [-0.3, -0.25) is 4.79 Å². The van der Waals surface area contributed by atoms with Gasteiger partial charge in [0.1, 0.15) is 18.2 Å². The van der Waals surface area contributed by atoms with E-state index >= 15 is 0 Å². The maximum atomic E-state index is 13.1. The number of rotatable bonds is 6. The van der Waals surface area contributed by atoms with E-state index < -0.39 is 0 Å². The summed E-state index contributed by atoms with van der Waals surface area (Å²) in [6, 6.07) is 18.3. The monoisotopic (exact) mass is 639 g/mol. The number of ether oxygens (including phenoxy) is 1. The molecular formula is C25H20FI2NO2. The number of benzene rings is 3. The Morgan fingerprint density at radius 2 is 1.71 bits per heavy atom. The SMILES string of the molecule is CCCN1C(=O)/C(=C\c2cc(I)c(OCc3ccc(F)cc3)c(I)c2)c2ccccc21. The van der Waals surface area contributed by atoms with Crippen LogP contribution >= 0.6 is 45.2 Å². The first-order valence-corrected chi connectivity index (χ1v) is 12.1. The number of anilines is 1. The first-order chi connectivity index (χ1) is 15.0. The first-order valence-electron chi connectivity index (χ1n) is 9.97. The maximum Gasteiger partial charge on any atom is 0.258 e. The quantitative estimate of drug-likeness (QED) is 0.217. The van der Waals surface area contributed by atoms with Crippen LogP contribution in [0.2, 0.25) is 0 Å².